The smallest absolute Gasteiger partial charge is 0.157 e. The second kappa shape index (κ2) is 5.81. The van der Waals surface area contributed by atoms with Gasteiger partial charge in [0.2, 0.25) is 0 Å². The molecule has 2 aromatic rings. The zero-order valence-corrected chi connectivity index (χ0v) is 10.7. The number of benzene rings is 1. The molecule has 0 amide bonds. The molecule has 0 atom stereocenters. The van der Waals surface area contributed by atoms with Gasteiger partial charge >= 0.3 is 0 Å². The topological polar surface area (TPSA) is 102 Å². The van der Waals surface area contributed by atoms with E-state index in [1.807, 2.05) is 30.3 Å². The summed E-state index contributed by atoms with van der Waals surface area (Å²) in [5, 5.41) is 3.18. The lowest BCUT2D eigenvalue weighted by Crippen LogP contribution is -2.08. The predicted molar refractivity (Wildman–Crippen MR) is 77.2 cm³/mol. The first kappa shape index (κ1) is 12.8. The largest absolute Gasteiger partial charge is 0.387 e. The number of hydrogen-bond acceptors (Lipinski definition) is 5. The van der Waals surface area contributed by atoms with Gasteiger partial charge in [-0.15, -0.1) is 0 Å². The number of hydrogen-bond donors (Lipinski definition) is 3. The second-order valence-electron chi connectivity index (χ2n) is 4.05. The summed E-state index contributed by atoms with van der Waals surface area (Å²) in [6.45, 7) is 2.32. The van der Waals surface area contributed by atoms with E-state index in [0.717, 1.165) is 5.56 Å². The van der Waals surface area contributed by atoms with Crippen LogP contribution in [0.4, 0.5) is 17.3 Å². The third kappa shape index (κ3) is 3.41. The molecule has 6 nitrogen and oxygen atoms in total. The van der Waals surface area contributed by atoms with Crippen LogP contribution >= 0.6 is 0 Å². The van der Waals surface area contributed by atoms with Gasteiger partial charge in [0.15, 0.2) is 11.6 Å². The van der Waals surface area contributed by atoms with Gasteiger partial charge in [-0.3, -0.25) is 0 Å². The molecular formula is C13H16N6. The number of amidine groups is 1. The summed E-state index contributed by atoms with van der Waals surface area (Å²) in [6.07, 6.45) is 1.40. The summed E-state index contributed by atoms with van der Waals surface area (Å²) >= 11 is 0. The van der Waals surface area contributed by atoms with Crippen molar-refractivity contribution in [2.45, 2.75) is 13.5 Å². The van der Waals surface area contributed by atoms with Gasteiger partial charge in [0.05, 0.1) is 5.84 Å². The van der Waals surface area contributed by atoms with E-state index in [1.165, 1.54) is 6.33 Å². The van der Waals surface area contributed by atoms with Crippen LogP contribution in [0.3, 0.4) is 0 Å². The molecule has 0 bridgehead atoms. The Morgan fingerprint density at radius 2 is 2.00 bits per heavy atom. The van der Waals surface area contributed by atoms with Crippen LogP contribution in [0.15, 0.2) is 41.7 Å². The average Bonchev–Trinajstić information content (AvgIpc) is 2.40. The molecule has 2 rings (SSSR count). The number of nitrogens with two attached hydrogens (primary N) is 2. The highest BCUT2D eigenvalue weighted by Gasteiger charge is 2.08. The number of nitrogen functional groups attached to an aromatic ring is 1. The predicted octanol–water partition coefficient (Wildman–Crippen LogP) is 1.68. The van der Waals surface area contributed by atoms with Crippen molar-refractivity contribution >= 4 is 23.2 Å². The molecule has 0 saturated heterocycles. The molecular weight excluding hydrogens is 240 g/mol. The summed E-state index contributed by atoms with van der Waals surface area (Å²) in [5.41, 5.74) is 13.0. The molecule has 0 aliphatic rings. The third-order valence-corrected chi connectivity index (χ3v) is 2.44. The van der Waals surface area contributed by atoms with Gasteiger partial charge in [0.1, 0.15) is 12.0 Å². The Morgan fingerprint density at radius 1 is 1.26 bits per heavy atom. The molecule has 6 heteroatoms. The first-order valence-corrected chi connectivity index (χ1v) is 5.86. The second-order valence-corrected chi connectivity index (χ2v) is 4.05. The summed E-state index contributed by atoms with van der Waals surface area (Å²) in [6, 6.07) is 9.98. The van der Waals surface area contributed by atoms with Crippen LogP contribution in [0.25, 0.3) is 0 Å². The summed E-state index contributed by atoms with van der Waals surface area (Å²) in [4.78, 5) is 12.2. The van der Waals surface area contributed by atoms with Crippen LogP contribution in [0.2, 0.25) is 0 Å². The maximum Gasteiger partial charge on any atom is 0.157 e. The molecule has 0 saturated carbocycles. The van der Waals surface area contributed by atoms with Gasteiger partial charge in [0.25, 0.3) is 0 Å². The molecule has 98 valence electrons. The van der Waals surface area contributed by atoms with Crippen LogP contribution in [0.1, 0.15) is 12.5 Å². The Balaban J connectivity index is 2.21. The molecule has 0 spiro atoms. The van der Waals surface area contributed by atoms with E-state index in [-0.39, 0.29) is 0 Å². The molecule has 1 aromatic heterocycles. The Hall–Kier alpha value is -2.63. The molecule has 0 aliphatic heterocycles. The molecule has 0 unspecified atom stereocenters. The summed E-state index contributed by atoms with van der Waals surface area (Å²) in [5.74, 6) is 1.28. The van der Waals surface area contributed by atoms with Gasteiger partial charge in [-0.2, -0.15) is 0 Å². The molecule has 1 aromatic carbocycles. The molecule has 1 heterocycles. The highest BCUT2D eigenvalue weighted by Crippen LogP contribution is 2.27. The Bertz CT molecular complexity index is 575. The van der Waals surface area contributed by atoms with Gasteiger partial charge in [-0.1, -0.05) is 30.3 Å². The van der Waals surface area contributed by atoms with Crippen LogP contribution in [0.5, 0.6) is 0 Å². The first-order chi connectivity index (χ1) is 9.16. The number of nitrogens with one attached hydrogen (secondary N) is 1. The van der Waals surface area contributed by atoms with Crippen LogP contribution in [-0.2, 0) is 6.54 Å². The lowest BCUT2D eigenvalue weighted by Gasteiger charge is -2.09. The summed E-state index contributed by atoms with van der Waals surface area (Å²) < 4.78 is 0. The molecule has 0 aliphatic carbocycles. The quantitative estimate of drug-likeness (QED) is 0.570. The van der Waals surface area contributed by atoms with Crippen LogP contribution < -0.4 is 16.8 Å². The van der Waals surface area contributed by atoms with Gasteiger partial charge in [0, 0.05) is 6.54 Å². The van der Waals surface area contributed by atoms with Crippen molar-refractivity contribution in [1.29, 1.82) is 0 Å². The molecule has 0 fully saturated rings. The van der Waals surface area contributed by atoms with Crippen LogP contribution in [0, 0.1) is 0 Å². The average molecular weight is 256 g/mol. The van der Waals surface area contributed by atoms with E-state index >= 15 is 0 Å². The lowest BCUT2D eigenvalue weighted by atomic mass is 10.2. The normalized spacial score (nSPS) is 11.3. The fraction of sp³-hybridized carbons (Fsp3) is 0.154. The van der Waals surface area contributed by atoms with E-state index in [4.69, 9.17) is 11.5 Å². The SMILES string of the molecule is CC(N)=Nc1c(N)ncnc1NCc1ccccc1. The van der Waals surface area contributed by atoms with E-state index in [9.17, 15) is 0 Å². The first-order valence-electron chi connectivity index (χ1n) is 5.86. The third-order valence-electron chi connectivity index (χ3n) is 2.44. The number of anilines is 2. The number of rotatable bonds is 4. The highest BCUT2D eigenvalue weighted by atomic mass is 15.1. The van der Waals surface area contributed by atoms with E-state index in [0.29, 0.717) is 29.7 Å². The van der Waals surface area contributed by atoms with Crippen molar-refractivity contribution in [1.82, 2.24) is 9.97 Å². The minimum Gasteiger partial charge on any atom is -0.387 e. The van der Waals surface area contributed by atoms with Crippen molar-refractivity contribution in [2.24, 2.45) is 10.7 Å². The van der Waals surface area contributed by atoms with Crippen molar-refractivity contribution in [3.63, 3.8) is 0 Å². The maximum absolute atomic E-state index is 5.78. The Kier molecular flexibility index (Phi) is 3.92. The van der Waals surface area contributed by atoms with E-state index < -0.39 is 0 Å². The minimum absolute atomic E-state index is 0.301. The number of aromatic nitrogens is 2. The monoisotopic (exact) mass is 256 g/mol. The van der Waals surface area contributed by atoms with E-state index in [1.54, 1.807) is 6.92 Å². The Morgan fingerprint density at radius 3 is 2.68 bits per heavy atom. The van der Waals surface area contributed by atoms with Crippen molar-refractivity contribution < 1.29 is 0 Å². The zero-order valence-electron chi connectivity index (χ0n) is 10.7. The number of aliphatic imine (C=N–C) groups is 1. The van der Waals surface area contributed by atoms with Crippen molar-refractivity contribution in [3.8, 4) is 0 Å². The summed E-state index contributed by atoms with van der Waals surface area (Å²) in [7, 11) is 0. The van der Waals surface area contributed by atoms with Gasteiger partial charge < -0.3 is 16.8 Å². The van der Waals surface area contributed by atoms with Crippen molar-refractivity contribution in [2.75, 3.05) is 11.1 Å². The fourth-order valence-corrected chi connectivity index (χ4v) is 1.59. The number of nitrogens with zero attached hydrogens (tertiary/aromatic N) is 3. The van der Waals surface area contributed by atoms with Gasteiger partial charge in [-0.25, -0.2) is 15.0 Å². The van der Waals surface area contributed by atoms with Gasteiger partial charge in [-0.05, 0) is 12.5 Å². The minimum atomic E-state index is 0.301. The van der Waals surface area contributed by atoms with Crippen molar-refractivity contribution in [3.05, 3.63) is 42.2 Å². The fourth-order valence-electron chi connectivity index (χ4n) is 1.59. The lowest BCUT2D eigenvalue weighted by molar-refractivity contribution is 1.08. The van der Waals surface area contributed by atoms with E-state index in [2.05, 4.69) is 20.3 Å². The zero-order chi connectivity index (χ0) is 13.7. The molecule has 0 radical (unpaired) electrons. The Labute approximate surface area is 111 Å². The standard InChI is InChI=1S/C13H16N6/c1-9(14)19-11-12(15)17-8-18-13(11)16-7-10-5-3-2-4-6-10/h2-6,8H,7H2,1H3,(H2,14,19)(H3,15,16,17,18). The van der Waals surface area contributed by atoms with Crippen LogP contribution in [-0.4, -0.2) is 15.8 Å². The highest BCUT2D eigenvalue weighted by molar-refractivity contribution is 5.85. The molecule has 5 N–H and O–H groups in total. The molecule has 19 heavy (non-hydrogen) atoms. The maximum atomic E-state index is 5.78.